The number of aliphatic hydroxyl groups is 1. The first kappa shape index (κ1) is 13.5. The molecule has 3 aromatic rings. The molecule has 1 atom stereocenters. The van der Waals surface area contributed by atoms with Crippen molar-refractivity contribution < 1.29 is 14.2 Å². The number of hydrogen-bond donors (Lipinski definition) is 1. The minimum absolute atomic E-state index is 0.405. The van der Waals surface area contributed by atoms with Crippen molar-refractivity contribution in [1.29, 1.82) is 0 Å². The van der Waals surface area contributed by atoms with Gasteiger partial charge in [-0.2, -0.15) is 0 Å². The Morgan fingerprint density at radius 2 is 1.90 bits per heavy atom. The largest absolute Gasteiger partial charge is 0.455 e. The van der Waals surface area contributed by atoms with Crippen molar-refractivity contribution in [2.75, 3.05) is 0 Å². The Morgan fingerprint density at radius 3 is 2.71 bits per heavy atom. The van der Waals surface area contributed by atoms with Crippen molar-refractivity contribution in [2.45, 2.75) is 13.0 Å². The van der Waals surface area contributed by atoms with Crippen molar-refractivity contribution in [3.8, 4) is 11.5 Å². The molecule has 0 saturated heterocycles. The molecule has 0 aliphatic carbocycles. The summed E-state index contributed by atoms with van der Waals surface area (Å²) in [6.07, 6.45) is 0.869. The maximum absolute atomic E-state index is 13.3. The summed E-state index contributed by atoms with van der Waals surface area (Å²) in [7, 11) is 0. The highest BCUT2D eigenvalue weighted by molar-refractivity contribution is 5.84. The molecule has 3 nitrogen and oxygen atoms in total. The third kappa shape index (κ3) is 2.71. The summed E-state index contributed by atoms with van der Waals surface area (Å²) >= 11 is 0. The fraction of sp³-hybridized carbons (Fsp3) is 0.118. The SMILES string of the molecule is CC(O)c1cc(F)ccc1Oc1cccc2cccnc12. The number of fused-ring (bicyclic) bond motifs is 1. The van der Waals surface area contributed by atoms with Gasteiger partial charge in [0.05, 0.1) is 6.10 Å². The minimum Gasteiger partial charge on any atom is -0.455 e. The number of nitrogens with zero attached hydrogens (tertiary/aromatic N) is 1. The molecule has 1 N–H and O–H groups in total. The van der Waals surface area contributed by atoms with Gasteiger partial charge in [0, 0.05) is 17.1 Å². The molecule has 0 fully saturated rings. The molecule has 1 aromatic heterocycles. The Balaban J connectivity index is 2.07. The van der Waals surface area contributed by atoms with E-state index in [1.54, 1.807) is 19.2 Å². The molecule has 4 heteroatoms. The smallest absolute Gasteiger partial charge is 0.153 e. The second kappa shape index (κ2) is 5.50. The summed E-state index contributed by atoms with van der Waals surface area (Å²) in [6, 6.07) is 13.5. The summed E-state index contributed by atoms with van der Waals surface area (Å²) in [5.74, 6) is 0.584. The van der Waals surface area contributed by atoms with E-state index in [9.17, 15) is 9.50 Å². The van der Waals surface area contributed by atoms with Gasteiger partial charge in [-0.3, -0.25) is 4.98 Å². The monoisotopic (exact) mass is 283 g/mol. The van der Waals surface area contributed by atoms with E-state index < -0.39 is 11.9 Å². The van der Waals surface area contributed by atoms with E-state index in [0.29, 0.717) is 17.1 Å². The number of aliphatic hydroxyl groups excluding tert-OH is 1. The van der Waals surface area contributed by atoms with E-state index in [0.717, 1.165) is 10.9 Å². The molecule has 0 aliphatic heterocycles. The van der Waals surface area contributed by atoms with E-state index in [1.165, 1.54) is 18.2 Å². The van der Waals surface area contributed by atoms with E-state index in [1.807, 2.05) is 24.3 Å². The van der Waals surface area contributed by atoms with E-state index in [-0.39, 0.29) is 0 Å². The summed E-state index contributed by atoms with van der Waals surface area (Å²) in [6.45, 7) is 1.57. The van der Waals surface area contributed by atoms with Gasteiger partial charge in [-0.15, -0.1) is 0 Å². The number of pyridine rings is 1. The predicted molar refractivity (Wildman–Crippen MR) is 78.9 cm³/mol. The zero-order valence-electron chi connectivity index (χ0n) is 11.5. The maximum atomic E-state index is 13.3. The summed E-state index contributed by atoms with van der Waals surface area (Å²) < 4.78 is 19.2. The number of benzene rings is 2. The van der Waals surface area contributed by atoms with Gasteiger partial charge in [0.2, 0.25) is 0 Å². The first-order chi connectivity index (χ1) is 10.1. The summed E-state index contributed by atoms with van der Waals surface area (Å²) in [5, 5.41) is 10.7. The average Bonchev–Trinajstić information content (AvgIpc) is 2.49. The number of hydrogen-bond acceptors (Lipinski definition) is 3. The summed E-state index contributed by atoms with van der Waals surface area (Å²) in [5.41, 5.74) is 1.13. The first-order valence-corrected chi connectivity index (χ1v) is 6.64. The van der Waals surface area contributed by atoms with Crippen LogP contribution in [-0.4, -0.2) is 10.1 Å². The normalized spacial score (nSPS) is 12.3. The van der Waals surface area contributed by atoms with Crippen molar-refractivity contribution in [3.05, 3.63) is 66.1 Å². The highest BCUT2D eigenvalue weighted by atomic mass is 19.1. The van der Waals surface area contributed by atoms with Crippen molar-refractivity contribution in [3.63, 3.8) is 0 Å². The van der Waals surface area contributed by atoms with Gasteiger partial charge in [0.1, 0.15) is 17.1 Å². The van der Waals surface area contributed by atoms with Gasteiger partial charge in [-0.05, 0) is 37.3 Å². The van der Waals surface area contributed by atoms with E-state index in [4.69, 9.17) is 4.74 Å². The Hall–Kier alpha value is -2.46. The zero-order valence-corrected chi connectivity index (χ0v) is 11.5. The molecular weight excluding hydrogens is 269 g/mol. The molecule has 0 saturated carbocycles. The highest BCUT2D eigenvalue weighted by Gasteiger charge is 2.13. The van der Waals surface area contributed by atoms with Gasteiger partial charge >= 0.3 is 0 Å². The molecule has 0 aliphatic rings. The number of rotatable bonds is 3. The fourth-order valence-corrected chi connectivity index (χ4v) is 2.22. The second-order valence-electron chi connectivity index (χ2n) is 4.79. The molecule has 106 valence electrons. The molecule has 0 spiro atoms. The Labute approximate surface area is 121 Å². The zero-order chi connectivity index (χ0) is 14.8. The van der Waals surface area contributed by atoms with Crippen molar-refractivity contribution in [2.24, 2.45) is 0 Å². The topological polar surface area (TPSA) is 42.4 Å². The predicted octanol–water partition coefficient (Wildman–Crippen LogP) is 4.22. The average molecular weight is 283 g/mol. The third-order valence-electron chi connectivity index (χ3n) is 3.24. The van der Waals surface area contributed by atoms with Gasteiger partial charge in [0.25, 0.3) is 0 Å². The molecule has 0 radical (unpaired) electrons. The Bertz CT molecular complexity index is 781. The lowest BCUT2D eigenvalue weighted by Crippen LogP contribution is -1.98. The standard InChI is InChI=1S/C17H14FNO2/c1-11(20)14-10-13(18)7-8-15(14)21-16-6-2-4-12-5-3-9-19-17(12)16/h2-11,20H,1H3. The van der Waals surface area contributed by atoms with Crippen molar-refractivity contribution in [1.82, 2.24) is 4.98 Å². The maximum Gasteiger partial charge on any atom is 0.153 e. The molecule has 0 bridgehead atoms. The lowest BCUT2D eigenvalue weighted by molar-refractivity contribution is 0.195. The van der Waals surface area contributed by atoms with Crippen molar-refractivity contribution >= 4 is 10.9 Å². The van der Waals surface area contributed by atoms with Crippen LogP contribution in [0.4, 0.5) is 4.39 Å². The molecule has 1 unspecified atom stereocenters. The van der Waals surface area contributed by atoms with Crippen LogP contribution in [0.1, 0.15) is 18.6 Å². The first-order valence-electron chi connectivity index (χ1n) is 6.64. The van der Waals surface area contributed by atoms with Crippen LogP contribution in [0, 0.1) is 5.82 Å². The van der Waals surface area contributed by atoms with Gasteiger partial charge in [-0.25, -0.2) is 4.39 Å². The van der Waals surface area contributed by atoms with Crippen LogP contribution in [-0.2, 0) is 0 Å². The van der Waals surface area contributed by atoms with Crippen LogP contribution in [0.25, 0.3) is 10.9 Å². The number of para-hydroxylation sites is 1. The number of halogens is 1. The molecule has 21 heavy (non-hydrogen) atoms. The Kier molecular flexibility index (Phi) is 3.54. The lowest BCUT2D eigenvalue weighted by atomic mass is 10.1. The Morgan fingerprint density at radius 1 is 1.10 bits per heavy atom. The lowest BCUT2D eigenvalue weighted by Gasteiger charge is -2.14. The van der Waals surface area contributed by atoms with Crippen LogP contribution < -0.4 is 4.74 Å². The van der Waals surface area contributed by atoms with Crippen LogP contribution in [0.2, 0.25) is 0 Å². The highest BCUT2D eigenvalue weighted by Crippen LogP contribution is 2.33. The second-order valence-corrected chi connectivity index (χ2v) is 4.79. The quantitative estimate of drug-likeness (QED) is 0.782. The van der Waals surface area contributed by atoms with Crippen LogP contribution in [0.5, 0.6) is 11.5 Å². The molecule has 3 rings (SSSR count). The fourth-order valence-electron chi connectivity index (χ4n) is 2.22. The minimum atomic E-state index is -0.821. The molecule has 1 heterocycles. The number of ether oxygens (including phenoxy) is 1. The molecule has 2 aromatic carbocycles. The molecular formula is C17H14FNO2. The van der Waals surface area contributed by atoms with E-state index in [2.05, 4.69) is 4.98 Å². The number of aromatic nitrogens is 1. The van der Waals surface area contributed by atoms with E-state index >= 15 is 0 Å². The summed E-state index contributed by atoms with van der Waals surface area (Å²) in [4.78, 5) is 4.31. The van der Waals surface area contributed by atoms with Crippen LogP contribution in [0.15, 0.2) is 54.7 Å². The van der Waals surface area contributed by atoms with Gasteiger partial charge in [-0.1, -0.05) is 18.2 Å². The molecule has 0 amide bonds. The van der Waals surface area contributed by atoms with Gasteiger partial charge in [0.15, 0.2) is 5.75 Å². The van der Waals surface area contributed by atoms with Crippen LogP contribution in [0.3, 0.4) is 0 Å². The van der Waals surface area contributed by atoms with Gasteiger partial charge < -0.3 is 9.84 Å². The third-order valence-corrected chi connectivity index (χ3v) is 3.24. The van der Waals surface area contributed by atoms with Crippen LogP contribution >= 0.6 is 0 Å².